The van der Waals surface area contributed by atoms with Crippen molar-refractivity contribution < 1.29 is 9.72 Å². The van der Waals surface area contributed by atoms with Crippen LogP contribution in [0.15, 0.2) is 48.5 Å². The molecule has 1 aliphatic heterocycles. The first-order chi connectivity index (χ1) is 13.1. The summed E-state index contributed by atoms with van der Waals surface area (Å²) < 4.78 is 0. The minimum Gasteiger partial charge on any atom is -0.352 e. The minimum absolute atomic E-state index is 0.122. The van der Waals surface area contributed by atoms with E-state index in [1.165, 1.54) is 18.9 Å². The standard InChI is InChI=1S/C20H24N4O3/c25-20(22-12-10-15-5-4-11-21-14-15)16-8-9-18(19(13-16)24(26)27)23-17-6-2-1-3-7-17/h1-3,6-9,13,15,21,23H,4-5,10-12,14H2,(H,22,25). The third kappa shape index (κ3) is 5.27. The number of nitrogens with one attached hydrogen (secondary N) is 3. The van der Waals surface area contributed by atoms with Crippen molar-refractivity contribution in [3.8, 4) is 0 Å². The van der Waals surface area contributed by atoms with Crippen molar-refractivity contribution in [1.29, 1.82) is 0 Å². The Morgan fingerprint density at radius 1 is 1.22 bits per heavy atom. The Kier molecular flexibility index (Phi) is 6.38. The number of hydrogen-bond donors (Lipinski definition) is 3. The number of nitrogens with zero attached hydrogens (tertiary/aromatic N) is 1. The number of benzene rings is 2. The van der Waals surface area contributed by atoms with Crippen molar-refractivity contribution in [3.05, 3.63) is 64.2 Å². The molecule has 1 amide bonds. The highest BCUT2D eigenvalue weighted by Gasteiger charge is 2.18. The Balaban J connectivity index is 1.64. The van der Waals surface area contributed by atoms with Gasteiger partial charge in [-0.3, -0.25) is 14.9 Å². The van der Waals surface area contributed by atoms with Crippen LogP contribution in [0.4, 0.5) is 17.1 Å². The third-order valence-corrected chi connectivity index (χ3v) is 4.75. The largest absolute Gasteiger partial charge is 0.352 e. The Morgan fingerprint density at radius 3 is 2.74 bits per heavy atom. The number of nitro benzene ring substituents is 1. The first-order valence-corrected chi connectivity index (χ1v) is 9.23. The maximum Gasteiger partial charge on any atom is 0.293 e. The highest BCUT2D eigenvalue weighted by molar-refractivity contribution is 5.95. The summed E-state index contributed by atoms with van der Waals surface area (Å²) in [5.41, 5.74) is 1.28. The number of rotatable bonds is 7. The Hall–Kier alpha value is -2.93. The van der Waals surface area contributed by atoms with Crippen molar-refractivity contribution in [2.24, 2.45) is 5.92 Å². The zero-order valence-electron chi connectivity index (χ0n) is 15.1. The Morgan fingerprint density at radius 2 is 2.04 bits per heavy atom. The fourth-order valence-electron chi connectivity index (χ4n) is 3.27. The van der Waals surface area contributed by atoms with E-state index in [2.05, 4.69) is 16.0 Å². The van der Waals surface area contributed by atoms with E-state index in [9.17, 15) is 14.9 Å². The van der Waals surface area contributed by atoms with Gasteiger partial charge in [0.25, 0.3) is 11.6 Å². The first kappa shape index (κ1) is 18.8. The number of amides is 1. The molecule has 1 unspecified atom stereocenters. The molecule has 1 aliphatic rings. The number of anilines is 2. The fourth-order valence-corrected chi connectivity index (χ4v) is 3.27. The van der Waals surface area contributed by atoms with Crippen molar-refractivity contribution in [2.75, 3.05) is 25.0 Å². The molecule has 27 heavy (non-hydrogen) atoms. The van der Waals surface area contributed by atoms with E-state index in [0.717, 1.165) is 25.2 Å². The van der Waals surface area contributed by atoms with E-state index in [4.69, 9.17) is 0 Å². The van der Waals surface area contributed by atoms with Gasteiger partial charge in [0.15, 0.2) is 0 Å². The number of carbonyl (C=O) groups is 1. The number of carbonyl (C=O) groups excluding carboxylic acids is 1. The molecule has 1 heterocycles. The summed E-state index contributed by atoms with van der Waals surface area (Å²) in [6, 6.07) is 13.7. The molecule has 3 N–H and O–H groups in total. The van der Waals surface area contributed by atoms with E-state index >= 15 is 0 Å². The molecule has 1 saturated heterocycles. The van der Waals surface area contributed by atoms with Crippen LogP contribution in [0, 0.1) is 16.0 Å². The van der Waals surface area contributed by atoms with Crippen molar-refractivity contribution in [3.63, 3.8) is 0 Å². The summed E-state index contributed by atoms with van der Waals surface area (Å²) >= 11 is 0. The second-order valence-corrected chi connectivity index (χ2v) is 6.74. The molecule has 3 rings (SSSR count). The Labute approximate surface area is 158 Å². The second-order valence-electron chi connectivity index (χ2n) is 6.74. The van der Waals surface area contributed by atoms with Crippen LogP contribution in [0.5, 0.6) is 0 Å². The second kappa shape index (κ2) is 9.14. The molecule has 0 radical (unpaired) electrons. The maximum atomic E-state index is 12.4. The van der Waals surface area contributed by atoms with Gasteiger partial charge in [0.05, 0.1) is 4.92 Å². The van der Waals surface area contributed by atoms with Crippen LogP contribution in [0.3, 0.4) is 0 Å². The summed E-state index contributed by atoms with van der Waals surface area (Å²) in [6.07, 6.45) is 3.25. The van der Waals surface area contributed by atoms with Gasteiger partial charge in [-0.15, -0.1) is 0 Å². The predicted octanol–water partition coefficient (Wildman–Crippen LogP) is 3.46. The lowest BCUT2D eigenvalue weighted by atomic mass is 9.96. The van der Waals surface area contributed by atoms with Gasteiger partial charge in [0, 0.05) is 23.9 Å². The number of hydrogen-bond acceptors (Lipinski definition) is 5. The van der Waals surface area contributed by atoms with Crippen LogP contribution in [0.2, 0.25) is 0 Å². The predicted molar refractivity (Wildman–Crippen MR) is 105 cm³/mol. The molecule has 7 nitrogen and oxygen atoms in total. The molecule has 2 aromatic carbocycles. The van der Waals surface area contributed by atoms with Gasteiger partial charge in [-0.25, -0.2) is 0 Å². The summed E-state index contributed by atoms with van der Waals surface area (Å²) in [7, 11) is 0. The quantitative estimate of drug-likeness (QED) is 0.514. The van der Waals surface area contributed by atoms with Gasteiger partial charge < -0.3 is 16.0 Å². The van der Waals surface area contributed by atoms with Crippen molar-refractivity contribution in [1.82, 2.24) is 10.6 Å². The fraction of sp³-hybridized carbons (Fsp3) is 0.350. The lowest BCUT2D eigenvalue weighted by Gasteiger charge is -2.22. The van der Waals surface area contributed by atoms with Crippen LogP contribution in [0.1, 0.15) is 29.6 Å². The van der Waals surface area contributed by atoms with E-state index in [1.807, 2.05) is 30.3 Å². The van der Waals surface area contributed by atoms with Crippen LogP contribution < -0.4 is 16.0 Å². The molecular weight excluding hydrogens is 344 g/mol. The zero-order valence-corrected chi connectivity index (χ0v) is 15.1. The van der Waals surface area contributed by atoms with Gasteiger partial charge in [-0.1, -0.05) is 18.2 Å². The lowest BCUT2D eigenvalue weighted by molar-refractivity contribution is -0.383. The number of piperidine rings is 1. The smallest absolute Gasteiger partial charge is 0.293 e. The van der Waals surface area contributed by atoms with Gasteiger partial charge >= 0.3 is 0 Å². The lowest BCUT2D eigenvalue weighted by Crippen LogP contribution is -2.33. The number of para-hydroxylation sites is 1. The topological polar surface area (TPSA) is 96.3 Å². The zero-order chi connectivity index (χ0) is 19.1. The highest BCUT2D eigenvalue weighted by Crippen LogP contribution is 2.28. The monoisotopic (exact) mass is 368 g/mol. The minimum atomic E-state index is -0.476. The van der Waals surface area contributed by atoms with Gasteiger partial charge in [-0.2, -0.15) is 0 Å². The van der Waals surface area contributed by atoms with Crippen LogP contribution >= 0.6 is 0 Å². The average Bonchev–Trinajstić information content (AvgIpc) is 2.69. The third-order valence-electron chi connectivity index (χ3n) is 4.75. The van der Waals surface area contributed by atoms with E-state index < -0.39 is 4.92 Å². The van der Waals surface area contributed by atoms with Crippen LogP contribution in [0.25, 0.3) is 0 Å². The van der Waals surface area contributed by atoms with E-state index in [0.29, 0.717) is 23.7 Å². The first-order valence-electron chi connectivity index (χ1n) is 9.23. The molecule has 142 valence electrons. The molecular formula is C20H24N4O3. The molecule has 7 heteroatoms. The molecule has 2 aromatic rings. The molecule has 0 saturated carbocycles. The summed E-state index contributed by atoms with van der Waals surface area (Å²) in [5.74, 6) is 0.291. The molecule has 1 fully saturated rings. The Bertz CT molecular complexity index is 789. The van der Waals surface area contributed by atoms with Gasteiger partial charge in [0.1, 0.15) is 5.69 Å². The molecule has 1 atom stereocenters. The van der Waals surface area contributed by atoms with Crippen molar-refractivity contribution in [2.45, 2.75) is 19.3 Å². The maximum absolute atomic E-state index is 12.4. The average molecular weight is 368 g/mol. The van der Waals surface area contributed by atoms with Crippen molar-refractivity contribution >= 4 is 23.0 Å². The molecule has 0 bridgehead atoms. The summed E-state index contributed by atoms with van der Waals surface area (Å²) in [6.45, 7) is 2.63. The van der Waals surface area contributed by atoms with E-state index in [-0.39, 0.29) is 11.6 Å². The number of nitro groups is 1. The van der Waals surface area contributed by atoms with Gasteiger partial charge in [0.2, 0.25) is 0 Å². The molecule has 0 aromatic heterocycles. The summed E-state index contributed by atoms with van der Waals surface area (Å²) in [5, 5.41) is 20.7. The molecule has 0 aliphatic carbocycles. The van der Waals surface area contributed by atoms with Crippen LogP contribution in [-0.2, 0) is 0 Å². The SMILES string of the molecule is O=C(NCCC1CCCNC1)c1ccc(Nc2ccccc2)c([N+](=O)[O-])c1. The molecule has 0 spiro atoms. The van der Waals surface area contributed by atoms with Crippen LogP contribution in [-0.4, -0.2) is 30.5 Å². The van der Waals surface area contributed by atoms with E-state index in [1.54, 1.807) is 12.1 Å². The van der Waals surface area contributed by atoms with Gasteiger partial charge in [-0.05, 0) is 62.5 Å². The summed E-state index contributed by atoms with van der Waals surface area (Å²) in [4.78, 5) is 23.3. The highest BCUT2D eigenvalue weighted by atomic mass is 16.6. The normalized spacial score (nSPS) is 16.5.